The maximum atomic E-state index is 14.4. The Bertz CT molecular complexity index is 706. The fourth-order valence-electron chi connectivity index (χ4n) is 2.80. The van der Waals surface area contributed by atoms with Gasteiger partial charge in [-0.3, -0.25) is 4.90 Å². The summed E-state index contributed by atoms with van der Waals surface area (Å²) in [6.45, 7) is 3.57. The van der Waals surface area contributed by atoms with E-state index < -0.39 is 6.09 Å². The molecule has 24 heavy (non-hydrogen) atoms. The summed E-state index contributed by atoms with van der Waals surface area (Å²) < 4.78 is 21.3. The number of amides is 1. The first-order valence-electron chi connectivity index (χ1n) is 7.91. The molecule has 1 unspecified atom stereocenters. The second-order valence-electron chi connectivity index (χ2n) is 5.80. The van der Waals surface area contributed by atoms with Crippen molar-refractivity contribution in [1.29, 1.82) is 0 Å². The van der Waals surface area contributed by atoms with E-state index in [1.165, 1.54) is 11.0 Å². The van der Waals surface area contributed by atoms with Crippen LogP contribution in [0.5, 0.6) is 0 Å². The minimum Gasteiger partial charge on any atom is -0.442 e. The van der Waals surface area contributed by atoms with Gasteiger partial charge in [0.05, 0.1) is 30.7 Å². The molecule has 1 atom stereocenters. The van der Waals surface area contributed by atoms with E-state index in [2.05, 4.69) is 10.3 Å². The number of halogens is 1. The zero-order chi connectivity index (χ0) is 17.1. The standard InChI is InChI=1S/C16H20FN5O2/c1-3-7-20(2)15-5-4-12(9-14(15)17)22-11-13(24-16(22)23)10-21-8-6-18-19-21/h4-6,8-9,13H,3,7,10-11H2,1-2H3. The number of hydrogen-bond donors (Lipinski definition) is 0. The second-order valence-corrected chi connectivity index (χ2v) is 5.80. The molecule has 7 nitrogen and oxygen atoms in total. The zero-order valence-corrected chi connectivity index (χ0v) is 13.7. The highest BCUT2D eigenvalue weighted by atomic mass is 19.1. The highest BCUT2D eigenvalue weighted by Crippen LogP contribution is 2.27. The molecule has 3 rings (SSSR count). The SMILES string of the molecule is CCCN(C)c1ccc(N2CC(Cn3ccnn3)OC2=O)cc1F. The van der Waals surface area contributed by atoms with Crippen molar-refractivity contribution < 1.29 is 13.9 Å². The Hall–Kier alpha value is -2.64. The fourth-order valence-corrected chi connectivity index (χ4v) is 2.80. The molecule has 0 saturated carbocycles. The molecule has 8 heteroatoms. The number of anilines is 2. The van der Waals surface area contributed by atoms with Crippen LogP contribution in [-0.4, -0.2) is 47.3 Å². The molecule has 2 aromatic rings. The molecule has 1 saturated heterocycles. The van der Waals surface area contributed by atoms with Gasteiger partial charge in [-0.05, 0) is 24.6 Å². The van der Waals surface area contributed by atoms with Crippen LogP contribution in [0.3, 0.4) is 0 Å². The Morgan fingerprint density at radius 2 is 2.29 bits per heavy atom. The van der Waals surface area contributed by atoms with Gasteiger partial charge in [0.25, 0.3) is 0 Å². The lowest BCUT2D eigenvalue weighted by atomic mass is 10.2. The average molecular weight is 333 g/mol. The summed E-state index contributed by atoms with van der Waals surface area (Å²) in [5.74, 6) is -0.351. The van der Waals surface area contributed by atoms with E-state index in [0.29, 0.717) is 24.5 Å². The zero-order valence-electron chi connectivity index (χ0n) is 13.7. The van der Waals surface area contributed by atoms with Gasteiger partial charge in [-0.1, -0.05) is 12.1 Å². The maximum absolute atomic E-state index is 14.4. The highest BCUT2D eigenvalue weighted by molar-refractivity contribution is 5.90. The van der Waals surface area contributed by atoms with Crippen LogP contribution in [0.2, 0.25) is 0 Å². The molecule has 0 spiro atoms. The summed E-state index contributed by atoms with van der Waals surface area (Å²) in [6, 6.07) is 4.81. The summed E-state index contributed by atoms with van der Waals surface area (Å²) in [5.41, 5.74) is 1.01. The molecular weight excluding hydrogens is 313 g/mol. The third-order valence-corrected chi connectivity index (χ3v) is 3.95. The van der Waals surface area contributed by atoms with Gasteiger partial charge in [-0.2, -0.15) is 0 Å². The van der Waals surface area contributed by atoms with Gasteiger partial charge in [0, 0.05) is 19.8 Å². The van der Waals surface area contributed by atoms with E-state index in [1.54, 1.807) is 29.2 Å². The topological polar surface area (TPSA) is 63.5 Å². The molecule has 2 heterocycles. The van der Waals surface area contributed by atoms with E-state index >= 15 is 0 Å². The number of nitrogens with zero attached hydrogens (tertiary/aromatic N) is 5. The Balaban J connectivity index is 1.72. The Kier molecular flexibility index (Phi) is 4.64. The van der Waals surface area contributed by atoms with E-state index in [-0.39, 0.29) is 11.9 Å². The van der Waals surface area contributed by atoms with Crippen LogP contribution in [-0.2, 0) is 11.3 Å². The number of rotatable bonds is 6. The van der Waals surface area contributed by atoms with Gasteiger partial charge in [-0.15, -0.1) is 5.10 Å². The lowest BCUT2D eigenvalue weighted by Crippen LogP contribution is -2.26. The fraction of sp³-hybridized carbons (Fsp3) is 0.438. The van der Waals surface area contributed by atoms with Crippen molar-refractivity contribution in [3.63, 3.8) is 0 Å². The third-order valence-electron chi connectivity index (χ3n) is 3.95. The number of carbonyl (C=O) groups is 1. The van der Waals surface area contributed by atoms with Crippen LogP contribution in [0.1, 0.15) is 13.3 Å². The third kappa shape index (κ3) is 3.32. The molecular formula is C16H20FN5O2. The minimum atomic E-state index is -0.478. The van der Waals surface area contributed by atoms with Gasteiger partial charge >= 0.3 is 6.09 Å². The summed E-state index contributed by atoms with van der Waals surface area (Å²) in [6.07, 6.45) is 3.38. The normalized spacial score (nSPS) is 17.2. The molecule has 1 aliphatic heterocycles. The number of carbonyl (C=O) groups excluding carboxylic acids is 1. The van der Waals surface area contributed by atoms with Crippen molar-refractivity contribution in [2.75, 3.05) is 29.9 Å². The van der Waals surface area contributed by atoms with E-state index in [9.17, 15) is 9.18 Å². The number of aromatic nitrogens is 3. The summed E-state index contributed by atoms with van der Waals surface area (Å²) in [7, 11) is 1.85. The number of hydrogen-bond acceptors (Lipinski definition) is 5. The largest absolute Gasteiger partial charge is 0.442 e. The molecule has 0 aliphatic carbocycles. The first kappa shape index (κ1) is 16.2. The van der Waals surface area contributed by atoms with Gasteiger partial charge in [-0.25, -0.2) is 13.9 Å². The molecule has 1 aliphatic rings. The summed E-state index contributed by atoms with van der Waals surface area (Å²) >= 11 is 0. The quantitative estimate of drug-likeness (QED) is 0.811. The molecule has 1 aromatic heterocycles. The predicted octanol–water partition coefficient (Wildman–Crippen LogP) is 2.29. The Labute approximate surface area is 139 Å². The summed E-state index contributed by atoms with van der Waals surface area (Å²) in [5, 5.41) is 7.57. The molecule has 1 aromatic carbocycles. The van der Waals surface area contributed by atoms with E-state index in [0.717, 1.165) is 13.0 Å². The van der Waals surface area contributed by atoms with Gasteiger partial charge in [0.2, 0.25) is 0 Å². The average Bonchev–Trinajstić information content (AvgIpc) is 3.17. The summed E-state index contributed by atoms with van der Waals surface area (Å²) in [4.78, 5) is 15.4. The molecule has 0 N–H and O–H groups in total. The highest BCUT2D eigenvalue weighted by Gasteiger charge is 2.33. The maximum Gasteiger partial charge on any atom is 0.414 e. The molecule has 1 amide bonds. The van der Waals surface area contributed by atoms with Gasteiger partial charge in [0.1, 0.15) is 11.9 Å². The smallest absolute Gasteiger partial charge is 0.414 e. The first-order valence-corrected chi connectivity index (χ1v) is 7.91. The van der Waals surface area contributed by atoms with E-state index in [1.807, 2.05) is 18.9 Å². The van der Waals surface area contributed by atoms with Crippen LogP contribution in [0, 0.1) is 5.82 Å². The van der Waals surface area contributed by atoms with Crippen molar-refractivity contribution in [2.45, 2.75) is 26.0 Å². The van der Waals surface area contributed by atoms with Gasteiger partial charge in [0.15, 0.2) is 0 Å². The molecule has 0 bridgehead atoms. The Morgan fingerprint density at radius 1 is 1.46 bits per heavy atom. The van der Waals surface area contributed by atoms with Crippen molar-refractivity contribution >= 4 is 17.5 Å². The van der Waals surface area contributed by atoms with Gasteiger partial charge < -0.3 is 9.64 Å². The second kappa shape index (κ2) is 6.86. The molecule has 1 fully saturated rings. The van der Waals surface area contributed by atoms with Crippen LogP contribution >= 0.6 is 0 Å². The molecule has 128 valence electrons. The molecule has 0 radical (unpaired) electrons. The number of ether oxygens (including phenoxy) is 1. The number of benzene rings is 1. The van der Waals surface area contributed by atoms with Crippen LogP contribution < -0.4 is 9.80 Å². The monoisotopic (exact) mass is 333 g/mol. The lowest BCUT2D eigenvalue weighted by Gasteiger charge is -2.21. The van der Waals surface area contributed by atoms with Crippen LogP contribution in [0.25, 0.3) is 0 Å². The van der Waals surface area contributed by atoms with Crippen LogP contribution in [0.15, 0.2) is 30.6 Å². The first-order chi connectivity index (χ1) is 11.6. The predicted molar refractivity (Wildman–Crippen MR) is 87.6 cm³/mol. The lowest BCUT2D eigenvalue weighted by molar-refractivity contribution is 0.129. The minimum absolute atomic E-state index is 0.343. The van der Waals surface area contributed by atoms with Crippen molar-refractivity contribution in [3.8, 4) is 0 Å². The van der Waals surface area contributed by atoms with Crippen molar-refractivity contribution in [2.24, 2.45) is 0 Å². The Morgan fingerprint density at radius 3 is 2.96 bits per heavy atom. The van der Waals surface area contributed by atoms with Crippen molar-refractivity contribution in [1.82, 2.24) is 15.0 Å². The van der Waals surface area contributed by atoms with Crippen molar-refractivity contribution in [3.05, 3.63) is 36.4 Å². The number of cyclic esters (lactones) is 1. The van der Waals surface area contributed by atoms with Crippen LogP contribution in [0.4, 0.5) is 20.6 Å². The van der Waals surface area contributed by atoms with E-state index in [4.69, 9.17) is 4.74 Å².